The Morgan fingerprint density at radius 3 is 2.75 bits per heavy atom. The van der Waals surface area contributed by atoms with Crippen LogP contribution in [0.4, 0.5) is 0 Å². The topological polar surface area (TPSA) is 83.4 Å². The third-order valence-corrected chi connectivity index (χ3v) is 5.01. The van der Waals surface area contributed by atoms with Crippen LogP contribution in [0, 0.1) is 0 Å². The maximum absolute atomic E-state index is 12.9. The van der Waals surface area contributed by atoms with Gasteiger partial charge in [0.1, 0.15) is 12.1 Å². The number of imidazole rings is 1. The molecule has 1 N–H and O–H groups in total. The Bertz CT molecular complexity index is 784. The summed E-state index contributed by atoms with van der Waals surface area (Å²) in [6, 6.07) is 3.72. The molecule has 28 heavy (non-hydrogen) atoms. The first-order valence-electron chi connectivity index (χ1n) is 8.96. The van der Waals surface area contributed by atoms with Crippen LogP contribution < -0.4 is 5.32 Å². The monoisotopic (exact) mass is 426 g/mol. The van der Waals surface area contributed by atoms with Crippen LogP contribution in [0.25, 0.3) is 5.82 Å². The molecule has 0 spiro atoms. The van der Waals surface area contributed by atoms with Gasteiger partial charge in [-0.1, -0.05) is 0 Å². The van der Waals surface area contributed by atoms with Gasteiger partial charge in [-0.05, 0) is 25.0 Å². The maximum atomic E-state index is 12.9. The fraction of sp³-hybridized carbons (Fsp3) is 0.444. The van der Waals surface area contributed by atoms with Crippen LogP contribution in [0.15, 0.2) is 37.1 Å². The lowest BCUT2D eigenvalue weighted by molar-refractivity contribution is -0.135. The van der Waals surface area contributed by atoms with E-state index in [1.807, 2.05) is 22.1 Å². The van der Waals surface area contributed by atoms with Gasteiger partial charge in [0, 0.05) is 50.8 Å². The van der Waals surface area contributed by atoms with E-state index < -0.39 is 0 Å². The molecular formula is C18H24Cl2N6O2. The number of hydrogen-bond acceptors (Lipinski definition) is 5. The second-order valence-electron chi connectivity index (χ2n) is 6.69. The van der Waals surface area contributed by atoms with Gasteiger partial charge in [0.2, 0.25) is 5.91 Å². The van der Waals surface area contributed by atoms with Gasteiger partial charge in [-0.3, -0.25) is 14.2 Å². The number of likely N-dealkylation sites (tertiary alicyclic amines) is 1. The molecule has 4 rings (SSSR count). The van der Waals surface area contributed by atoms with Gasteiger partial charge in [-0.2, -0.15) is 0 Å². The largest absolute Gasteiger partial charge is 0.337 e. The standard InChI is InChI=1S/C18H22N6O2.2ClH/c25-17-11-19-6-9-24(17)15-2-1-7-22(12-15)18(26)14-3-4-16(21-10-14)23-8-5-20-13-23;;/h3-5,8,10,13,15,19H,1-2,6-7,9,11-12H2;2*1H. The van der Waals surface area contributed by atoms with Crippen LogP contribution >= 0.6 is 24.8 Å². The zero-order valence-electron chi connectivity index (χ0n) is 15.4. The van der Waals surface area contributed by atoms with Crippen molar-refractivity contribution in [3.8, 4) is 5.82 Å². The predicted octanol–water partition coefficient (Wildman–Crippen LogP) is 1.15. The van der Waals surface area contributed by atoms with E-state index in [4.69, 9.17) is 0 Å². The highest BCUT2D eigenvalue weighted by Gasteiger charge is 2.31. The van der Waals surface area contributed by atoms with Crippen molar-refractivity contribution in [2.24, 2.45) is 0 Å². The molecule has 2 fully saturated rings. The zero-order chi connectivity index (χ0) is 17.9. The van der Waals surface area contributed by atoms with E-state index >= 15 is 0 Å². The summed E-state index contributed by atoms with van der Waals surface area (Å²) >= 11 is 0. The molecule has 10 heteroatoms. The molecule has 1 atom stereocenters. The van der Waals surface area contributed by atoms with Crippen molar-refractivity contribution < 1.29 is 9.59 Å². The molecule has 1 unspecified atom stereocenters. The number of amides is 2. The first-order valence-corrected chi connectivity index (χ1v) is 8.96. The molecular weight excluding hydrogens is 403 g/mol. The van der Waals surface area contributed by atoms with Crippen LogP contribution in [-0.2, 0) is 4.79 Å². The van der Waals surface area contributed by atoms with Gasteiger partial charge in [-0.15, -0.1) is 24.8 Å². The number of pyridine rings is 1. The van der Waals surface area contributed by atoms with E-state index in [1.54, 1.807) is 29.4 Å². The quantitative estimate of drug-likeness (QED) is 0.795. The summed E-state index contributed by atoms with van der Waals surface area (Å²) < 4.78 is 1.79. The lowest BCUT2D eigenvalue weighted by Gasteiger charge is -2.41. The first-order chi connectivity index (χ1) is 12.7. The van der Waals surface area contributed by atoms with Gasteiger partial charge in [-0.25, -0.2) is 9.97 Å². The summed E-state index contributed by atoms with van der Waals surface area (Å²) in [6.07, 6.45) is 8.64. The van der Waals surface area contributed by atoms with Crippen molar-refractivity contribution in [1.82, 2.24) is 29.7 Å². The van der Waals surface area contributed by atoms with Crippen molar-refractivity contribution in [2.75, 3.05) is 32.7 Å². The number of rotatable bonds is 3. The van der Waals surface area contributed by atoms with E-state index in [0.29, 0.717) is 25.2 Å². The van der Waals surface area contributed by atoms with Gasteiger partial charge in [0.05, 0.1) is 12.1 Å². The second kappa shape index (κ2) is 9.86. The maximum Gasteiger partial charge on any atom is 0.255 e. The van der Waals surface area contributed by atoms with Gasteiger partial charge >= 0.3 is 0 Å². The third kappa shape index (κ3) is 4.63. The molecule has 4 heterocycles. The van der Waals surface area contributed by atoms with E-state index in [1.165, 1.54) is 0 Å². The van der Waals surface area contributed by atoms with Gasteiger partial charge in [0.25, 0.3) is 5.91 Å². The van der Waals surface area contributed by atoms with Crippen LogP contribution in [-0.4, -0.2) is 74.9 Å². The smallest absolute Gasteiger partial charge is 0.255 e. The highest BCUT2D eigenvalue weighted by atomic mass is 35.5. The molecule has 0 aromatic carbocycles. The molecule has 2 aliphatic rings. The molecule has 0 saturated carbocycles. The van der Waals surface area contributed by atoms with Crippen molar-refractivity contribution in [3.05, 3.63) is 42.6 Å². The molecule has 0 bridgehead atoms. The van der Waals surface area contributed by atoms with Crippen LogP contribution in [0.5, 0.6) is 0 Å². The Hall–Kier alpha value is -2.16. The highest BCUT2D eigenvalue weighted by molar-refractivity contribution is 5.94. The summed E-state index contributed by atoms with van der Waals surface area (Å²) in [5.41, 5.74) is 0.571. The number of carbonyl (C=O) groups is 2. The number of nitrogens with zero attached hydrogens (tertiary/aromatic N) is 5. The number of nitrogens with one attached hydrogen (secondary N) is 1. The molecule has 0 radical (unpaired) electrons. The average Bonchev–Trinajstić information content (AvgIpc) is 3.23. The summed E-state index contributed by atoms with van der Waals surface area (Å²) in [6.45, 7) is 3.24. The summed E-state index contributed by atoms with van der Waals surface area (Å²) in [7, 11) is 0. The number of carbonyl (C=O) groups excluding carboxylic acids is 2. The molecule has 2 aromatic heterocycles. The SMILES string of the molecule is Cl.Cl.O=C(c1ccc(-n2ccnc2)nc1)N1CCCC(N2CCNCC2=O)C1. The predicted molar refractivity (Wildman–Crippen MR) is 109 cm³/mol. The second-order valence-corrected chi connectivity index (χ2v) is 6.69. The van der Waals surface area contributed by atoms with Gasteiger partial charge in [0.15, 0.2) is 0 Å². The third-order valence-electron chi connectivity index (χ3n) is 5.01. The van der Waals surface area contributed by atoms with E-state index in [9.17, 15) is 9.59 Å². The average molecular weight is 427 g/mol. The minimum atomic E-state index is -0.0260. The van der Waals surface area contributed by atoms with E-state index in [2.05, 4.69) is 15.3 Å². The number of hydrogen-bond donors (Lipinski definition) is 1. The fourth-order valence-electron chi connectivity index (χ4n) is 3.64. The van der Waals surface area contributed by atoms with Crippen molar-refractivity contribution >= 4 is 36.6 Å². The zero-order valence-corrected chi connectivity index (χ0v) is 17.0. The molecule has 8 nitrogen and oxygen atoms in total. The van der Waals surface area contributed by atoms with Crippen LogP contribution in [0.1, 0.15) is 23.2 Å². The van der Waals surface area contributed by atoms with Crippen molar-refractivity contribution in [2.45, 2.75) is 18.9 Å². The summed E-state index contributed by atoms with van der Waals surface area (Å²) in [5, 5.41) is 3.09. The lowest BCUT2D eigenvalue weighted by Crippen LogP contribution is -2.57. The molecule has 2 aliphatic heterocycles. The molecule has 2 saturated heterocycles. The van der Waals surface area contributed by atoms with Crippen LogP contribution in [0.3, 0.4) is 0 Å². The minimum absolute atomic E-state index is 0. The number of halogens is 2. The number of piperazine rings is 1. The normalized spacial score (nSPS) is 19.6. The fourth-order valence-corrected chi connectivity index (χ4v) is 3.64. The Kier molecular flexibility index (Phi) is 7.79. The van der Waals surface area contributed by atoms with Crippen LogP contribution in [0.2, 0.25) is 0 Å². The Morgan fingerprint density at radius 1 is 1.21 bits per heavy atom. The van der Waals surface area contributed by atoms with E-state index in [0.717, 1.165) is 31.7 Å². The summed E-state index contributed by atoms with van der Waals surface area (Å²) in [5.74, 6) is 0.825. The van der Waals surface area contributed by atoms with Gasteiger partial charge < -0.3 is 15.1 Å². The molecule has 152 valence electrons. The summed E-state index contributed by atoms with van der Waals surface area (Å²) in [4.78, 5) is 37.1. The number of aromatic nitrogens is 3. The van der Waals surface area contributed by atoms with E-state index in [-0.39, 0.29) is 42.7 Å². The Balaban J connectivity index is 0.00000140. The Morgan fingerprint density at radius 2 is 2.07 bits per heavy atom. The molecule has 2 aromatic rings. The molecule has 2 amide bonds. The first kappa shape index (κ1) is 22.1. The Labute approximate surface area is 176 Å². The highest BCUT2D eigenvalue weighted by Crippen LogP contribution is 2.19. The van der Waals surface area contributed by atoms with Crippen molar-refractivity contribution in [1.29, 1.82) is 0 Å². The lowest BCUT2D eigenvalue weighted by atomic mass is 10.0. The van der Waals surface area contributed by atoms with Crippen molar-refractivity contribution in [3.63, 3.8) is 0 Å². The minimum Gasteiger partial charge on any atom is -0.337 e. The molecule has 0 aliphatic carbocycles. The number of piperidine rings is 1.